The van der Waals surface area contributed by atoms with E-state index in [1.54, 1.807) is 32.0 Å². The average molecular weight is 304 g/mol. The molecule has 1 saturated heterocycles. The first-order chi connectivity index (χ1) is 8.72. The second-order valence-corrected chi connectivity index (χ2v) is 7.65. The van der Waals surface area contributed by atoms with Crippen LogP contribution in [0, 0.1) is 6.92 Å². The molecule has 6 heteroatoms. The Morgan fingerprint density at radius 3 is 2.42 bits per heavy atom. The highest BCUT2D eigenvalue weighted by atomic mass is 35.5. The van der Waals surface area contributed by atoms with E-state index >= 15 is 0 Å². The molecule has 1 heterocycles. The lowest BCUT2D eigenvalue weighted by atomic mass is 9.95. The highest BCUT2D eigenvalue weighted by molar-refractivity contribution is 7.89. The molecule has 4 nitrogen and oxygen atoms in total. The topological polar surface area (TPSA) is 57.6 Å². The van der Waals surface area contributed by atoms with Crippen LogP contribution in [-0.2, 0) is 10.0 Å². The van der Waals surface area contributed by atoms with Crippen LogP contribution in [0.1, 0.15) is 25.3 Å². The number of rotatable bonds is 2. The molecule has 0 radical (unpaired) electrons. The van der Waals surface area contributed by atoms with E-state index in [9.17, 15) is 13.5 Å². The van der Waals surface area contributed by atoms with Gasteiger partial charge in [-0.05, 0) is 50.5 Å². The third-order valence-electron chi connectivity index (χ3n) is 3.55. The van der Waals surface area contributed by atoms with Crippen molar-refractivity contribution in [3.63, 3.8) is 0 Å². The Bertz CT molecular complexity index is 574. The first-order valence-electron chi connectivity index (χ1n) is 6.21. The van der Waals surface area contributed by atoms with Crippen LogP contribution in [0.5, 0.6) is 0 Å². The molecule has 1 aliphatic heterocycles. The molecule has 0 amide bonds. The summed E-state index contributed by atoms with van der Waals surface area (Å²) in [6.45, 7) is 4.16. The van der Waals surface area contributed by atoms with E-state index < -0.39 is 15.6 Å². The van der Waals surface area contributed by atoms with Gasteiger partial charge in [-0.2, -0.15) is 4.31 Å². The van der Waals surface area contributed by atoms with Crippen molar-refractivity contribution >= 4 is 21.6 Å². The van der Waals surface area contributed by atoms with Crippen LogP contribution in [-0.4, -0.2) is 36.5 Å². The van der Waals surface area contributed by atoms with E-state index in [0.29, 0.717) is 41.4 Å². The minimum atomic E-state index is -3.50. The SMILES string of the molecule is Cc1cc(Cl)ccc1S(=O)(=O)N1CCC(C)(O)CC1. The third-order valence-corrected chi connectivity index (χ3v) is 5.85. The zero-order valence-electron chi connectivity index (χ0n) is 11.1. The van der Waals surface area contributed by atoms with Gasteiger partial charge in [0.05, 0.1) is 10.5 Å². The Morgan fingerprint density at radius 1 is 1.32 bits per heavy atom. The summed E-state index contributed by atoms with van der Waals surface area (Å²) in [4.78, 5) is 0.290. The molecule has 19 heavy (non-hydrogen) atoms. The van der Waals surface area contributed by atoms with Crippen molar-refractivity contribution < 1.29 is 13.5 Å². The van der Waals surface area contributed by atoms with Crippen LogP contribution in [0.4, 0.5) is 0 Å². The van der Waals surface area contributed by atoms with Gasteiger partial charge >= 0.3 is 0 Å². The minimum Gasteiger partial charge on any atom is -0.390 e. The Labute approximate surface area is 119 Å². The fourth-order valence-electron chi connectivity index (χ4n) is 2.25. The van der Waals surface area contributed by atoms with E-state index in [0.717, 1.165) is 0 Å². The number of sulfonamides is 1. The number of nitrogens with zero attached hydrogens (tertiary/aromatic N) is 1. The standard InChI is InChI=1S/C13H18ClNO3S/c1-10-9-11(14)3-4-12(10)19(17,18)15-7-5-13(2,16)6-8-15/h3-4,9,16H,5-8H2,1-2H3. The lowest BCUT2D eigenvalue weighted by Crippen LogP contribution is -2.45. The molecule has 0 saturated carbocycles. The smallest absolute Gasteiger partial charge is 0.243 e. The number of hydrogen-bond donors (Lipinski definition) is 1. The second kappa shape index (κ2) is 5.05. The molecule has 1 fully saturated rings. The van der Waals surface area contributed by atoms with Crippen molar-refractivity contribution in [3.05, 3.63) is 28.8 Å². The maximum atomic E-state index is 12.5. The highest BCUT2D eigenvalue weighted by Gasteiger charge is 2.34. The molecule has 0 spiro atoms. The van der Waals surface area contributed by atoms with Gasteiger partial charge in [0.25, 0.3) is 0 Å². The summed E-state index contributed by atoms with van der Waals surface area (Å²) in [6, 6.07) is 4.77. The molecule has 0 atom stereocenters. The summed E-state index contributed by atoms with van der Waals surface area (Å²) in [5.74, 6) is 0. The zero-order valence-corrected chi connectivity index (χ0v) is 12.6. The largest absolute Gasteiger partial charge is 0.390 e. The molecule has 106 valence electrons. The second-order valence-electron chi connectivity index (χ2n) is 5.31. The summed E-state index contributed by atoms with van der Waals surface area (Å²) >= 11 is 5.85. The molecule has 0 bridgehead atoms. The fourth-order valence-corrected chi connectivity index (χ4v) is 4.12. The van der Waals surface area contributed by atoms with E-state index in [-0.39, 0.29) is 0 Å². The van der Waals surface area contributed by atoms with Gasteiger partial charge in [-0.25, -0.2) is 8.42 Å². The number of halogens is 1. The maximum Gasteiger partial charge on any atom is 0.243 e. The molecular weight excluding hydrogens is 286 g/mol. The van der Waals surface area contributed by atoms with E-state index in [1.807, 2.05) is 0 Å². The molecular formula is C13H18ClNO3S. The van der Waals surface area contributed by atoms with Crippen LogP contribution in [0.3, 0.4) is 0 Å². The predicted octanol–water partition coefficient (Wildman–Crippen LogP) is 2.18. The van der Waals surface area contributed by atoms with Gasteiger partial charge in [0, 0.05) is 18.1 Å². The molecule has 0 aliphatic carbocycles. The third kappa shape index (κ3) is 3.11. The number of benzene rings is 1. The number of piperidine rings is 1. The van der Waals surface area contributed by atoms with E-state index in [1.165, 1.54) is 4.31 Å². The van der Waals surface area contributed by atoms with Crippen molar-refractivity contribution in [2.45, 2.75) is 37.2 Å². The monoisotopic (exact) mass is 303 g/mol. The number of aliphatic hydroxyl groups is 1. The number of aryl methyl sites for hydroxylation is 1. The van der Waals surface area contributed by atoms with Crippen LogP contribution in [0.25, 0.3) is 0 Å². The number of hydrogen-bond acceptors (Lipinski definition) is 3. The van der Waals surface area contributed by atoms with Gasteiger partial charge in [0.1, 0.15) is 0 Å². The van der Waals surface area contributed by atoms with Crippen molar-refractivity contribution in [1.29, 1.82) is 0 Å². The lowest BCUT2D eigenvalue weighted by Gasteiger charge is -2.35. The lowest BCUT2D eigenvalue weighted by molar-refractivity contribution is 0.0126. The van der Waals surface area contributed by atoms with E-state index in [4.69, 9.17) is 11.6 Å². The van der Waals surface area contributed by atoms with E-state index in [2.05, 4.69) is 0 Å². The summed E-state index contributed by atoms with van der Waals surface area (Å²) in [5, 5.41) is 10.4. The molecule has 1 N–H and O–H groups in total. The highest BCUT2D eigenvalue weighted by Crippen LogP contribution is 2.28. The molecule has 1 aromatic carbocycles. The van der Waals surface area contributed by atoms with Crippen molar-refractivity contribution in [2.24, 2.45) is 0 Å². The van der Waals surface area contributed by atoms with Crippen LogP contribution in [0.2, 0.25) is 5.02 Å². The Kier molecular flexibility index (Phi) is 3.93. The van der Waals surface area contributed by atoms with Gasteiger partial charge < -0.3 is 5.11 Å². The molecule has 1 aromatic rings. The van der Waals surface area contributed by atoms with Crippen molar-refractivity contribution in [3.8, 4) is 0 Å². The summed E-state index contributed by atoms with van der Waals surface area (Å²) < 4.78 is 26.5. The van der Waals surface area contributed by atoms with Crippen LogP contribution >= 0.6 is 11.6 Å². The Balaban J connectivity index is 2.28. The van der Waals surface area contributed by atoms with Crippen LogP contribution in [0.15, 0.2) is 23.1 Å². The normalized spacial score (nSPS) is 20.4. The molecule has 2 rings (SSSR count). The van der Waals surface area contributed by atoms with Crippen molar-refractivity contribution in [2.75, 3.05) is 13.1 Å². The van der Waals surface area contributed by atoms with Crippen molar-refractivity contribution in [1.82, 2.24) is 4.31 Å². The van der Waals surface area contributed by atoms with Gasteiger partial charge in [0.15, 0.2) is 0 Å². The van der Waals surface area contributed by atoms with Gasteiger partial charge in [-0.1, -0.05) is 11.6 Å². The maximum absolute atomic E-state index is 12.5. The summed E-state index contributed by atoms with van der Waals surface area (Å²) in [5.41, 5.74) is -0.119. The first-order valence-corrected chi connectivity index (χ1v) is 8.03. The predicted molar refractivity (Wildman–Crippen MR) is 74.8 cm³/mol. The quantitative estimate of drug-likeness (QED) is 0.911. The zero-order chi connectivity index (χ0) is 14.3. The molecule has 0 aromatic heterocycles. The minimum absolute atomic E-state index is 0.290. The molecule has 0 unspecified atom stereocenters. The Morgan fingerprint density at radius 2 is 1.89 bits per heavy atom. The summed E-state index contributed by atoms with van der Waals surface area (Å²) in [6.07, 6.45) is 0.914. The first kappa shape index (κ1) is 14.8. The summed E-state index contributed by atoms with van der Waals surface area (Å²) in [7, 11) is -3.50. The van der Waals surface area contributed by atoms with Gasteiger partial charge in [-0.15, -0.1) is 0 Å². The molecule has 1 aliphatic rings. The van der Waals surface area contributed by atoms with Gasteiger partial charge in [0.2, 0.25) is 10.0 Å². The fraction of sp³-hybridized carbons (Fsp3) is 0.538. The average Bonchev–Trinajstić information content (AvgIpc) is 2.27. The van der Waals surface area contributed by atoms with Crippen LogP contribution < -0.4 is 0 Å². The Hall–Kier alpha value is -0.620. The van der Waals surface area contributed by atoms with Gasteiger partial charge in [-0.3, -0.25) is 0 Å².